The van der Waals surface area contributed by atoms with Gasteiger partial charge in [0.15, 0.2) is 5.96 Å². The van der Waals surface area contributed by atoms with Gasteiger partial charge >= 0.3 is 0 Å². The fourth-order valence-electron chi connectivity index (χ4n) is 3.08. The van der Waals surface area contributed by atoms with Crippen LogP contribution in [0.2, 0.25) is 0 Å². The largest absolute Gasteiger partial charge is 0.374 e. The lowest BCUT2D eigenvalue weighted by Crippen LogP contribution is -2.50. The first-order chi connectivity index (χ1) is 12.8. The van der Waals surface area contributed by atoms with E-state index in [0.717, 1.165) is 51.7 Å². The Labute approximate surface area is 168 Å². The van der Waals surface area contributed by atoms with Crippen LogP contribution in [-0.2, 0) is 16.6 Å². The van der Waals surface area contributed by atoms with Crippen molar-refractivity contribution in [3.8, 4) is 0 Å². The Morgan fingerprint density at radius 3 is 2.81 bits per heavy atom. The zero-order chi connectivity index (χ0) is 19.9. The first-order valence-corrected chi connectivity index (χ1v) is 10.9. The van der Waals surface area contributed by atoms with Crippen molar-refractivity contribution in [3.63, 3.8) is 0 Å². The molecule has 1 aliphatic rings. The zero-order valence-corrected chi connectivity index (χ0v) is 18.7. The van der Waals surface area contributed by atoms with Gasteiger partial charge in [0.1, 0.15) is 0 Å². The molecule has 0 aliphatic carbocycles. The highest BCUT2D eigenvalue weighted by molar-refractivity contribution is 7.09. The van der Waals surface area contributed by atoms with Crippen molar-refractivity contribution in [3.05, 3.63) is 16.1 Å². The standard InChI is InChI=1S/C20H37N5OS/c1-15(2)12-25-9-10-26-16(13-25)11-23-19(21-6)22-8-7-18-24-17(14-27-18)20(3,4)5/h14-16H,7-13H2,1-6H3,(H2,21,22,23). The number of aromatic nitrogens is 1. The van der Waals surface area contributed by atoms with E-state index in [-0.39, 0.29) is 11.5 Å². The molecule has 1 aromatic rings. The van der Waals surface area contributed by atoms with Gasteiger partial charge in [-0.25, -0.2) is 4.98 Å². The summed E-state index contributed by atoms with van der Waals surface area (Å²) < 4.78 is 5.90. The van der Waals surface area contributed by atoms with Crippen molar-refractivity contribution in [2.75, 3.05) is 46.4 Å². The third-order valence-electron chi connectivity index (χ3n) is 4.52. The van der Waals surface area contributed by atoms with Crippen molar-refractivity contribution in [1.82, 2.24) is 20.5 Å². The Hall–Kier alpha value is -1.18. The van der Waals surface area contributed by atoms with Crippen LogP contribution in [0.5, 0.6) is 0 Å². The summed E-state index contributed by atoms with van der Waals surface area (Å²) in [6.07, 6.45) is 1.12. The lowest BCUT2D eigenvalue weighted by atomic mass is 9.93. The molecule has 0 spiro atoms. The molecule has 0 radical (unpaired) electrons. The molecule has 1 fully saturated rings. The van der Waals surface area contributed by atoms with Crippen LogP contribution in [0.15, 0.2) is 10.4 Å². The number of morpholine rings is 1. The van der Waals surface area contributed by atoms with Crippen LogP contribution in [0.3, 0.4) is 0 Å². The summed E-state index contributed by atoms with van der Waals surface area (Å²) in [5.74, 6) is 1.52. The molecular weight excluding hydrogens is 358 g/mol. The fourth-order valence-corrected chi connectivity index (χ4v) is 4.10. The van der Waals surface area contributed by atoms with Gasteiger partial charge in [0.05, 0.1) is 23.4 Å². The molecule has 154 valence electrons. The van der Waals surface area contributed by atoms with Gasteiger partial charge in [0, 0.05) is 57.0 Å². The summed E-state index contributed by atoms with van der Waals surface area (Å²) in [5.41, 5.74) is 1.29. The van der Waals surface area contributed by atoms with Gasteiger partial charge in [-0.2, -0.15) is 0 Å². The van der Waals surface area contributed by atoms with Gasteiger partial charge in [-0.1, -0.05) is 34.6 Å². The van der Waals surface area contributed by atoms with E-state index < -0.39 is 0 Å². The van der Waals surface area contributed by atoms with Gasteiger partial charge in [0.2, 0.25) is 0 Å². The van der Waals surface area contributed by atoms with E-state index in [1.807, 2.05) is 7.05 Å². The predicted molar refractivity (Wildman–Crippen MR) is 115 cm³/mol. The number of hydrogen-bond donors (Lipinski definition) is 2. The molecule has 0 aromatic carbocycles. The quantitative estimate of drug-likeness (QED) is 0.549. The molecule has 1 atom stereocenters. The summed E-state index contributed by atoms with van der Waals surface area (Å²) in [6, 6.07) is 0. The lowest BCUT2D eigenvalue weighted by molar-refractivity contribution is -0.0284. The Balaban J connectivity index is 1.70. The maximum Gasteiger partial charge on any atom is 0.191 e. The van der Waals surface area contributed by atoms with Gasteiger partial charge in [-0.05, 0) is 5.92 Å². The van der Waals surface area contributed by atoms with E-state index in [4.69, 9.17) is 9.72 Å². The zero-order valence-electron chi connectivity index (χ0n) is 17.8. The number of nitrogens with zero attached hydrogens (tertiary/aromatic N) is 3. The number of nitrogens with one attached hydrogen (secondary N) is 2. The number of guanidine groups is 1. The number of rotatable bonds is 7. The Morgan fingerprint density at radius 2 is 2.19 bits per heavy atom. The van der Waals surface area contributed by atoms with Crippen LogP contribution in [0.1, 0.15) is 45.3 Å². The molecule has 0 bridgehead atoms. The van der Waals surface area contributed by atoms with E-state index in [2.05, 4.69) is 60.5 Å². The van der Waals surface area contributed by atoms with Crippen LogP contribution in [0, 0.1) is 5.92 Å². The van der Waals surface area contributed by atoms with Crippen molar-refractivity contribution in [2.45, 2.75) is 52.6 Å². The minimum Gasteiger partial charge on any atom is -0.374 e. The molecule has 1 unspecified atom stereocenters. The summed E-state index contributed by atoms with van der Waals surface area (Å²) in [7, 11) is 1.81. The Morgan fingerprint density at radius 1 is 1.41 bits per heavy atom. The van der Waals surface area contributed by atoms with Crippen LogP contribution < -0.4 is 10.6 Å². The van der Waals surface area contributed by atoms with E-state index in [1.54, 1.807) is 11.3 Å². The summed E-state index contributed by atoms with van der Waals surface area (Å²) in [5, 5.41) is 10.1. The first kappa shape index (κ1) is 22.1. The summed E-state index contributed by atoms with van der Waals surface area (Å²) in [4.78, 5) is 11.6. The van der Waals surface area contributed by atoms with Crippen molar-refractivity contribution in [1.29, 1.82) is 0 Å². The second-order valence-corrected chi connectivity index (χ2v) is 9.60. The van der Waals surface area contributed by atoms with Crippen molar-refractivity contribution < 1.29 is 4.74 Å². The second-order valence-electron chi connectivity index (χ2n) is 8.65. The van der Waals surface area contributed by atoms with Crippen molar-refractivity contribution in [2.24, 2.45) is 10.9 Å². The molecule has 2 rings (SSSR count). The number of aliphatic imine (C=N–C) groups is 1. The molecule has 0 amide bonds. The third-order valence-corrected chi connectivity index (χ3v) is 5.43. The normalized spacial score (nSPS) is 19.5. The average molecular weight is 396 g/mol. The smallest absolute Gasteiger partial charge is 0.191 e. The predicted octanol–water partition coefficient (Wildman–Crippen LogP) is 2.50. The molecule has 7 heteroatoms. The maximum atomic E-state index is 5.90. The van der Waals surface area contributed by atoms with Crippen LogP contribution in [0.25, 0.3) is 0 Å². The first-order valence-electron chi connectivity index (χ1n) is 10.0. The molecule has 1 saturated heterocycles. The van der Waals surface area contributed by atoms with E-state index in [0.29, 0.717) is 5.92 Å². The van der Waals surface area contributed by atoms with Gasteiger partial charge in [-0.3, -0.25) is 9.89 Å². The Kier molecular flexibility index (Phi) is 8.51. The Bertz CT molecular complexity index is 593. The second kappa shape index (κ2) is 10.4. The molecular formula is C20H37N5OS. The topological polar surface area (TPSA) is 61.8 Å². The molecule has 2 N–H and O–H groups in total. The minimum absolute atomic E-state index is 0.114. The van der Waals surface area contributed by atoms with E-state index in [1.165, 1.54) is 10.7 Å². The maximum absolute atomic E-state index is 5.90. The number of thiazole rings is 1. The molecule has 0 saturated carbocycles. The number of ether oxygens (including phenoxy) is 1. The van der Waals surface area contributed by atoms with E-state index in [9.17, 15) is 0 Å². The molecule has 1 aromatic heterocycles. The summed E-state index contributed by atoms with van der Waals surface area (Å²) >= 11 is 1.74. The van der Waals surface area contributed by atoms with Gasteiger partial charge in [-0.15, -0.1) is 11.3 Å². The van der Waals surface area contributed by atoms with Crippen molar-refractivity contribution >= 4 is 17.3 Å². The highest BCUT2D eigenvalue weighted by Crippen LogP contribution is 2.23. The van der Waals surface area contributed by atoms with Gasteiger partial charge < -0.3 is 15.4 Å². The monoisotopic (exact) mass is 395 g/mol. The number of hydrogen-bond acceptors (Lipinski definition) is 5. The average Bonchev–Trinajstić information content (AvgIpc) is 3.07. The van der Waals surface area contributed by atoms with Crippen LogP contribution >= 0.6 is 11.3 Å². The minimum atomic E-state index is 0.114. The molecule has 1 aliphatic heterocycles. The third kappa shape index (κ3) is 7.76. The highest BCUT2D eigenvalue weighted by atomic mass is 32.1. The fraction of sp³-hybridized carbons (Fsp3) is 0.800. The molecule has 27 heavy (non-hydrogen) atoms. The SMILES string of the molecule is CN=C(NCCc1nc(C(C)(C)C)cs1)NCC1CN(CC(C)C)CCO1. The highest BCUT2D eigenvalue weighted by Gasteiger charge is 2.21. The van der Waals surface area contributed by atoms with Crippen LogP contribution in [0.4, 0.5) is 0 Å². The lowest BCUT2D eigenvalue weighted by Gasteiger charge is -2.34. The molecule has 2 heterocycles. The van der Waals surface area contributed by atoms with Gasteiger partial charge in [0.25, 0.3) is 0 Å². The van der Waals surface area contributed by atoms with Crippen LogP contribution in [-0.4, -0.2) is 68.3 Å². The summed E-state index contributed by atoms with van der Waals surface area (Å²) in [6.45, 7) is 16.7. The van der Waals surface area contributed by atoms with E-state index >= 15 is 0 Å². The molecule has 6 nitrogen and oxygen atoms in total.